The van der Waals surface area contributed by atoms with E-state index in [1.807, 2.05) is 6.08 Å². The lowest BCUT2D eigenvalue weighted by atomic mass is 9.91. The van der Waals surface area contributed by atoms with Gasteiger partial charge < -0.3 is 0 Å². The van der Waals surface area contributed by atoms with E-state index in [2.05, 4.69) is 26.5 Å². The van der Waals surface area contributed by atoms with Crippen LogP contribution in [0.3, 0.4) is 0 Å². The molecule has 1 unspecified atom stereocenters. The van der Waals surface area contributed by atoms with Crippen LogP contribution in [0.4, 0.5) is 0 Å². The number of hydrogen-bond donors (Lipinski definition) is 0. The lowest BCUT2D eigenvalue weighted by molar-refractivity contribution is 0.424. The van der Waals surface area contributed by atoms with Gasteiger partial charge in [0.05, 0.1) is 6.07 Å². The van der Waals surface area contributed by atoms with Crippen LogP contribution in [0.5, 0.6) is 0 Å². The molecule has 0 heterocycles. The fourth-order valence-electron chi connectivity index (χ4n) is 1.55. The van der Waals surface area contributed by atoms with E-state index in [-0.39, 0.29) is 5.92 Å². The molecule has 0 aliphatic carbocycles. The normalized spacial score (nSPS) is 12.4. The lowest BCUT2D eigenvalue weighted by Crippen LogP contribution is -2.05. The van der Waals surface area contributed by atoms with Crippen molar-refractivity contribution in [3.05, 3.63) is 12.7 Å². The van der Waals surface area contributed by atoms with Crippen molar-refractivity contribution in [2.24, 2.45) is 11.8 Å². The van der Waals surface area contributed by atoms with Crippen molar-refractivity contribution in [1.29, 1.82) is 5.26 Å². The van der Waals surface area contributed by atoms with Crippen LogP contribution in [0.1, 0.15) is 52.4 Å². The Hall–Kier alpha value is -0.770. The van der Waals surface area contributed by atoms with Crippen molar-refractivity contribution in [3.8, 4) is 6.07 Å². The Kier molecular flexibility index (Phi) is 8.33. The van der Waals surface area contributed by atoms with Crippen molar-refractivity contribution >= 4 is 0 Å². The molecule has 0 radical (unpaired) electrons. The molecular weight excluding hydrogens is 170 g/mol. The van der Waals surface area contributed by atoms with E-state index in [0.717, 1.165) is 12.8 Å². The SMILES string of the molecule is C=CCCCCCCC(C#N)C(C)C. The third-order valence-corrected chi connectivity index (χ3v) is 2.64. The van der Waals surface area contributed by atoms with Gasteiger partial charge in [-0.25, -0.2) is 0 Å². The number of allylic oxidation sites excluding steroid dienone is 1. The predicted molar refractivity (Wildman–Crippen MR) is 61.8 cm³/mol. The van der Waals surface area contributed by atoms with Gasteiger partial charge in [0, 0.05) is 5.92 Å². The monoisotopic (exact) mass is 193 g/mol. The first-order chi connectivity index (χ1) is 6.72. The van der Waals surface area contributed by atoms with E-state index < -0.39 is 0 Å². The number of rotatable bonds is 8. The number of nitrogens with zero attached hydrogens (tertiary/aromatic N) is 1. The molecular formula is C13H23N. The van der Waals surface area contributed by atoms with E-state index in [1.165, 1.54) is 25.7 Å². The summed E-state index contributed by atoms with van der Waals surface area (Å²) in [4.78, 5) is 0. The third-order valence-electron chi connectivity index (χ3n) is 2.64. The molecule has 0 N–H and O–H groups in total. The zero-order chi connectivity index (χ0) is 10.8. The van der Waals surface area contributed by atoms with Gasteiger partial charge in [0.15, 0.2) is 0 Å². The Bertz CT molecular complexity index is 176. The molecule has 1 heteroatoms. The van der Waals surface area contributed by atoms with Crippen LogP contribution in [-0.2, 0) is 0 Å². The number of unbranched alkanes of at least 4 members (excludes halogenated alkanes) is 4. The van der Waals surface area contributed by atoms with Gasteiger partial charge in [0.1, 0.15) is 0 Å². The fourth-order valence-corrected chi connectivity index (χ4v) is 1.55. The Morgan fingerprint density at radius 2 is 1.86 bits per heavy atom. The van der Waals surface area contributed by atoms with E-state index in [1.54, 1.807) is 0 Å². The molecule has 0 aliphatic rings. The largest absolute Gasteiger partial charge is 0.198 e. The predicted octanol–water partition coefficient (Wildman–Crippen LogP) is 4.31. The van der Waals surface area contributed by atoms with Gasteiger partial charge in [-0.2, -0.15) is 5.26 Å². The molecule has 1 atom stereocenters. The van der Waals surface area contributed by atoms with Crippen molar-refractivity contribution in [2.45, 2.75) is 52.4 Å². The van der Waals surface area contributed by atoms with Gasteiger partial charge in [-0.15, -0.1) is 6.58 Å². The maximum atomic E-state index is 8.87. The summed E-state index contributed by atoms with van der Waals surface area (Å²) < 4.78 is 0. The highest BCUT2D eigenvalue weighted by Gasteiger charge is 2.10. The van der Waals surface area contributed by atoms with E-state index in [9.17, 15) is 0 Å². The zero-order valence-corrected chi connectivity index (χ0v) is 9.63. The summed E-state index contributed by atoms with van der Waals surface area (Å²) in [5, 5.41) is 8.87. The molecule has 0 amide bonds. The Labute approximate surface area is 88.8 Å². The molecule has 0 aromatic heterocycles. The average molecular weight is 193 g/mol. The molecule has 14 heavy (non-hydrogen) atoms. The van der Waals surface area contributed by atoms with Gasteiger partial charge >= 0.3 is 0 Å². The molecule has 0 spiro atoms. The molecule has 0 bridgehead atoms. The molecule has 0 aromatic rings. The minimum absolute atomic E-state index is 0.259. The van der Waals surface area contributed by atoms with Crippen molar-refractivity contribution in [3.63, 3.8) is 0 Å². The van der Waals surface area contributed by atoms with Crippen LogP contribution in [0.2, 0.25) is 0 Å². The van der Waals surface area contributed by atoms with Crippen LogP contribution in [0, 0.1) is 23.2 Å². The van der Waals surface area contributed by atoms with Crippen molar-refractivity contribution in [2.75, 3.05) is 0 Å². The van der Waals surface area contributed by atoms with E-state index in [0.29, 0.717) is 5.92 Å². The second kappa shape index (κ2) is 8.81. The minimum atomic E-state index is 0.259. The maximum absolute atomic E-state index is 8.87. The second-order valence-corrected chi connectivity index (χ2v) is 4.26. The highest BCUT2D eigenvalue weighted by Crippen LogP contribution is 2.18. The van der Waals surface area contributed by atoms with Gasteiger partial charge in [0.25, 0.3) is 0 Å². The lowest BCUT2D eigenvalue weighted by Gasteiger charge is -2.11. The summed E-state index contributed by atoms with van der Waals surface area (Å²) in [6, 6.07) is 2.39. The van der Waals surface area contributed by atoms with Crippen LogP contribution < -0.4 is 0 Å². The summed E-state index contributed by atoms with van der Waals surface area (Å²) in [7, 11) is 0. The quantitative estimate of drug-likeness (QED) is 0.416. The Morgan fingerprint density at radius 3 is 2.36 bits per heavy atom. The first-order valence-corrected chi connectivity index (χ1v) is 5.73. The molecule has 0 saturated heterocycles. The molecule has 0 fully saturated rings. The number of nitriles is 1. The average Bonchev–Trinajstić information content (AvgIpc) is 2.16. The summed E-state index contributed by atoms with van der Waals surface area (Å²) in [5.41, 5.74) is 0. The Balaban J connectivity index is 3.34. The van der Waals surface area contributed by atoms with Gasteiger partial charge in [-0.1, -0.05) is 39.2 Å². The summed E-state index contributed by atoms with van der Waals surface area (Å²) >= 11 is 0. The van der Waals surface area contributed by atoms with Gasteiger partial charge in [-0.3, -0.25) is 0 Å². The van der Waals surface area contributed by atoms with E-state index >= 15 is 0 Å². The standard InChI is InChI=1S/C13H23N/c1-4-5-6-7-8-9-10-13(11-14)12(2)3/h4,12-13H,1,5-10H2,2-3H3. The summed E-state index contributed by atoms with van der Waals surface area (Å²) in [6.07, 6.45) is 9.18. The minimum Gasteiger partial charge on any atom is -0.198 e. The van der Waals surface area contributed by atoms with Crippen LogP contribution in [0.25, 0.3) is 0 Å². The fraction of sp³-hybridized carbons (Fsp3) is 0.769. The van der Waals surface area contributed by atoms with E-state index in [4.69, 9.17) is 5.26 Å². The summed E-state index contributed by atoms with van der Waals surface area (Å²) in [5.74, 6) is 0.766. The first kappa shape index (κ1) is 13.2. The maximum Gasteiger partial charge on any atom is 0.0658 e. The highest BCUT2D eigenvalue weighted by molar-refractivity contribution is 4.84. The Morgan fingerprint density at radius 1 is 1.21 bits per heavy atom. The van der Waals surface area contributed by atoms with Crippen LogP contribution in [0.15, 0.2) is 12.7 Å². The molecule has 0 rings (SSSR count). The smallest absolute Gasteiger partial charge is 0.0658 e. The third kappa shape index (κ3) is 6.71. The van der Waals surface area contributed by atoms with Gasteiger partial charge in [-0.05, 0) is 25.2 Å². The second-order valence-electron chi connectivity index (χ2n) is 4.26. The molecule has 1 nitrogen and oxygen atoms in total. The molecule has 0 aliphatic heterocycles. The van der Waals surface area contributed by atoms with Crippen LogP contribution in [-0.4, -0.2) is 0 Å². The van der Waals surface area contributed by atoms with Crippen molar-refractivity contribution in [1.82, 2.24) is 0 Å². The van der Waals surface area contributed by atoms with Crippen LogP contribution >= 0.6 is 0 Å². The first-order valence-electron chi connectivity index (χ1n) is 5.73. The zero-order valence-electron chi connectivity index (χ0n) is 9.63. The number of hydrogen-bond acceptors (Lipinski definition) is 1. The molecule has 0 saturated carbocycles. The molecule has 80 valence electrons. The molecule has 0 aromatic carbocycles. The topological polar surface area (TPSA) is 23.8 Å². The van der Waals surface area contributed by atoms with Gasteiger partial charge in [0.2, 0.25) is 0 Å². The highest BCUT2D eigenvalue weighted by atomic mass is 14.3. The van der Waals surface area contributed by atoms with Crippen molar-refractivity contribution < 1.29 is 0 Å². The summed E-state index contributed by atoms with van der Waals surface area (Å²) in [6.45, 7) is 7.96.